The van der Waals surface area contributed by atoms with E-state index in [1.54, 1.807) is 0 Å². The molecule has 0 fully saturated rings. The lowest BCUT2D eigenvalue weighted by atomic mass is 10.1. The van der Waals surface area contributed by atoms with Crippen molar-refractivity contribution < 1.29 is 47.8 Å². The number of unbranched alkanes of at least 4 members (excludes halogenated alkanes) is 26. The van der Waals surface area contributed by atoms with E-state index in [1.165, 1.54) is 148 Å². The first-order valence-electron chi connectivity index (χ1n) is 23.3. The molecule has 0 saturated heterocycles. The number of aliphatic hydroxyl groups is 2. The highest BCUT2D eigenvalue weighted by molar-refractivity contribution is 7.47. The van der Waals surface area contributed by atoms with Crippen molar-refractivity contribution in [3.63, 3.8) is 0 Å². The Kier molecular flexibility index (Phi) is 41.4. The van der Waals surface area contributed by atoms with Crippen LogP contribution in [0.1, 0.15) is 219 Å². The van der Waals surface area contributed by atoms with Crippen molar-refractivity contribution in [1.82, 2.24) is 0 Å². The lowest BCUT2D eigenvalue weighted by Crippen LogP contribution is -2.29. The molecule has 0 saturated carbocycles. The zero-order valence-electron chi connectivity index (χ0n) is 36.6. The van der Waals surface area contributed by atoms with E-state index in [2.05, 4.69) is 32.1 Å². The smallest absolute Gasteiger partial charge is 0.462 e. The molecule has 0 heterocycles. The van der Waals surface area contributed by atoms with E-state index in [4.69, 9.17) is 23.6 Å². The van der Waals surface area contributed by atoms with Crippen molar-refractivity contribution in [2.45, 2.75) is 232 Å². The Hall–Kier alpha value is -1.55. The molecule has 0 aliphatic carbocycles. The third kappa shape index (κ3) is 42.4. The molecule has 0 spiro atoms. The van der Waals surface area contributed by atoms with Gasteiger partial charge in [0.05, 0.1) is 19.8 Å². The Morgan fingerprint density at radius 2 is 0.895 bits per heavy atom. The molecular weight excluding hydrogens is 743 g/mol. The van der Waals surface area contributed by atoms with Gasteiger partial charge in [0.2, 0.25) is 0 Å². The zero-order chi connectivity index (χ0) is 41.9. The highest BCUT2D eigenvalue weighted by Gasteiger charge is 2.27. The van der Waals surface area contributed by atoms with Gasteiger partial charge in [-0.25, -0.2) is 4.57 Å². The lowest BCUT2D eigenvalue weighted by Gasteiger charge is -2.20. The second kappa shape index (κ2) is 42.6. The van der Waals surface area contributed by atoms with Gasteiger partial charge in [-0.15, -0.1) is 0 Å². The predicted octanol–water partition coefficient (Wildman–Crippen LogP) is 12.6. The summed E-state index contributed by atoms with van der Waals surface area (Å²) in [4.78, 5) is 35.0. The number of rotatable bonds is 44. The highest BCUT2D eigenvalue weighted by atomic mass is 31.2. The number of aliphatic hydroxyl groups excluding tert-OH is 2. The van der Waals surface area contributed by atoms with Gasteiger partial charge in [0.15, 0.2) is 6.10 Å². The Morgan fingerprint density at radius 1 is 0.509 bits per heavy atom. The van der Waals surface area contributed by atoms with E-state index in [9.17, 15) is 24.2 Å². The first-order valence-corrected chi connectivity index (χ1v) is 24.8. The average Bonchev–Trinajstić information content (AvgIpc) is 3.20. The zero-order valence-corrected chi connectivity index (χ0v) is 37.5. The maximum Gasteiger partial charge on any atom is 0.472 e. The van der Waals surface area contributed by atoms with Crippen LogP contribution in [0.4, 0.5) is 0 Å². The minimum Gasteiger partial charge on any atom is -0.462 e. The first kappa shape index (κ1) is 55.5. The van der Waals surface area contributed by atoms with Crippen molar-refractivity contribution in [3.8, 4) is 0 Å². The second-order valence-electron chi connectivity index (χ2n) is 15.8. The Balaban J connectivity index is 4.25. The number of carbonyl (C=O) groups excluding carboxylic acids is 2. The number of carbonyl (C=O) groups is 2. The van der Waals surface area contributed by atoms with Gasteiger partial charge in [-0.3, -0.25) is 18.6 Å². The van der Waals surface area contributed by atoms with E-state index in [1.807, 2.05) is 6.08 Å². The molecule has 0 aliphatic heterocycles. The molecule has 0 aliphatic rings. The summed E-state index contributed by atoms with van der Waals surface area (Å²) in [5, 5.41) is 18.3. The molecule has 0 aromatic heterocycles. The average molecular weight is 831 g/mol. The van der Waals surface area contributed by atoms with Crippen molar-refractivity contribution in [2.75, 3.05) is 26.4 Å². The normalized spacial score (nSPS) is 14.0. The first-order chi connectivity index (χ1) is 27.7. The van der Waals surface area contributed by atoms with Crippen molar-refractivity contribution in [2.24, 2.45) is 0 Å². The van der Waals surface area contributed by atoms with Crippen LogP contribution in [0.3, 0.4) is 0 Å². The van der Waals surface area contributed by atoms with Gasteiger partial charge in [-0.1, -0.05) is 179 Å². The minimum atomic E-state index is -4.62. The molecule has 0 bridgehead atoms. The van der Waals surface area contributed by atoms with Crippen LogP contribution in [0, 0.1) is 0 Å². The van der Waals surface area contributed by atoms with Gasteiger partial charge < -0.3 is 24.6 Å². The molecule has 0 rings (SSSR count). The van der Waals surface area contributed by atoms with E-state index < -0.39 is 51.8 Å². The van der Waals surface area contributed by atoms with Crippen LogP contribution < -0.4 is 0 Å². The number of hydrogen-bond acceptors (Lipinski definition) is 9. The molecular formula is C46H87O10P. The largest absolute Gasteiger partial charge is 0.472 e. The summed E-state index contributed by atoms with van der Waals surface area (Å²) in [6.07, 6.45) is 43.0. The van der Waals surface area contributed by atoms with Crippen molar-refractivity contribution >= 4 is 19.8 Å². The topological polar surface area (TPSA) is 149 Å². The van der Waals surface area contributed by atoms with Crippen LogP contribution in [-0.4, -0.2) is 65.7 Å². The molecule has 11 heteroatoms. The lowest BCUT2D eigenvalue weighted by molar-refractivity contribution is -0.161. The highest BCUT2D eigenvalue weighted by Crippen LogP contribution is 2.43. The maximum absolute atomic E-state index is 12.6. The fourth-order valence-electron chi connectivity index (χ4n) is 6.48. The molecule has 3 atom stereocenters. The predicted molar refractivity (Wildman–Crippen MR) is 233 cm³/mol. The molecule has 336 valence electrons. The molecule has 0 aromatic carbocycles. The Labute approximate surface area is 348 Å². The SMILES string of the molecule is CCCCCCCC/C=C/CCCCCCCCCCCC(=O)OC[C@H](COP(=O)(O)OC[C@@H](O)CO)OC(=O)CC/C=C/CCCCCCCCCCCCC. The summed E-state index contributed by atoms with van der Waals surface area (Å²) < 4.78 is 32.7. The van der Waals surface area contributed by atoms with Crippen LogP contribution in [0.2, 0.25) is 0 Å². The van der Waals surface area contributed by atoms with Crippen LogP contribution >= 0.6 is 7.82 Å². The van der Waals surface area contributed by atoms with Crippen LogP contribution in [-0.2, 0) is 32.7 Å². The van der Waals surface area contributed by atoms with E-state index in [0.29, 0.717) is 12.8 Å². The van der Waals surface area contributed by atoms with Gasteiger partial charge in [0.25, 0.3) is 0 Å². The van der Waals surface area contributed by atoms with Crippen molar-refractivity contribution in [3.05, 3.63) is 24.3 Å². The minimum absolute atomic E-state index is 0.103. The van der Waals surface area contributed by atoms with Gasteiger partial charge >= 0.3 is 19.8 Å². The summed E-state index contributed by atoms with van der Waals surface area (Å²) in [6, 6.07) is 0. The second-order valence-corrected chi connectivity index (χ2v) is 17.2. The van der Waals surface area contributed by atoms with Gasteiger partial charge in [-0.2, -0.15) is 0 Å². The van der Waals surface area contributed by atoms with Crippen LogP contribution in [0.5, 0.6) is 0 Å². The van der Waals surface area contributed by atoms with Crippen molar-refractivity contribution in [1.29, 1.82) is 0 Å². The van der Waals surface area contributed by atoms with Gasteiger partial charge in [-0.05, 0) is 51.4 Å². The number of allylic oxidation sites excluding steroid dienone is 4. The fourth-order valence-corrected chi connectivity index (χ4v) is 7.27. The van der Waals surface area contributed by atoms with Gasteiger partial charge in [0.1, 0.15) is 12.7 Å². The maximum atomic E-state index is 12.6. The summed E-state index contributed by atoms with van der Waals surface area (Å²) in [7, 11) is -4.62. The summed E-state index contributed by atoms with van der Waals surface area (Å²) >= 11 is 0. The molecule has 0 aromatic rings. The van der Waals surface area contributed by atoms with E-state index in [0.717, 1.165) is 32.1 Å². The summed E-state index contributed by atoms with van der Waals surface area (Å²) in [5.74, 6) is -0.976. The molecule has 10 nitrogen and oxygen atoms in total. The van der Waals surface area contributed by atoms with E-state index >= 15 is 0 Å². The summed E-state index contributed by atoms with van der Waals surface area (Å²) in [5.41, 5.74) is 0. The van der Waals surface area contributed by atoms with Gasteiger partial charge in [0, 0.05) is 12.8 Å². The third-order valence-corrected chi connectivity index (χ3v) is 11.0. The number of esters is 2. The molecule has 3 N–H and O–H groups in total. The Morgan fingerprint density at radius 3 is 1.33 bits per heavy atom. The number of hydrogen-bond donors (Lipinski definition) is 3. The molecule has 0 amide bonds. The number of ether oxygens (including phenoxy) is 2. The third-order valence-electron chi connectivity index (χ3n) is 10.1. The van der Waals surface area contributed by atoms with E-state index in [-0.39, 0.29) is 19.4 Å². The van der Waals surface area contributed by atoms with Crippen LogP contribution in [0.25, 0.3) is 0 Å². The standard InChI is InChI=1S/C46H87O10P/c1-3-5-7-9-11-13-15-17-19-20-21-22-24-25-27-29-31-33-35-37-45(49)53-41-44(42-55-57(51,52)54-40-43(48)39-47)56-46(50)38-36-34-32-30-28-26-23-18-16-14-12-10-8-6-4-2/h17,19,32,34,43-44,47-48H,3-16,18,20-31,33,35-42H2,1-2H3,(H,51,52)/b19-17+,34-32+/t43-,44+/m0/s1. The fraction of sp³-hybridized carbons (Fsp3) is 0.870. The quantitative estimate of drug-likeness (QED) is 0.0234. The van der Waals surface area contributed by atoms with Crippen LogP contribution in [0.15, 0.2) is 24.3 Å². The molecule has 1 unspecified atom stereocenters. The Bertz CT molecular complexity index is 1000. The number of phosphoric acid groups is 1. The molecule has 0 radical (unpaired) electrons. The monoisotopic (exact) mass is 831 g/mol. The number of phosphoric ester groups is 1. The molecule has 57 heavy (non-hydrogen) atoms. The summed E-state index contributed by atoms with van der Waals surface area (Å²) in [6.45, 7) is 2.36.